The number of piperazine rings is 1. The van der Waals surface area contributed by atoms with E-state index in [0.717, 1.165) is 43.9 Å². The van der Waals surface area contributed by atoms with E-state index in [-0.39, 0.29) is 11.6 Å². The Balaban J connectivity index is 1.58. The zero-order chi connectivity index (χ0) is 21.3. The largest absolute Gasteiger partial charge is 0.388 e. The Morgan fingerprint density at radius 3 is 2.20 bits per heavy atom. The van der Waals surface area contributed by atoms with Crippen molar-refractivity contribution < 1.29 is 14.7 Å². The first kappa shape index (κ1) is 21.8. The normalized spacial score (nSPS) is 15.8. The third-order valence-electron chi connectivity index (χ3n) is 5.20. The van der Waals surface area contributed by atoms with E-state index in [2.05, 4.69) is 16.8 Å². The third-order valence-corrected chi connectivity index (χ3v) is 5.20. The van der Waals surface area contributed by atoms with Gasteiger partial charge >= 0.3 is 0 Å². The maximum absolute atomic E-state index is 12.5. The number of allylic oxidation sites excluding steroid dienone is 1. The van der Waals surface area contributed by atoms with Gasteiger partial charge in [0, 0.05) is 38.3 Å². The number of aliphatic hydroxyl groups excluding tert-OH is 1. The van der Waals surface area contributed by atoms with Gasteiger partial charge in [-0.05, 0) is 42.0 Å². The molecule has 3 rings (SSSR count). The maximum atomic E-state index is 12.5. The van der Waals surface area contributed by atoms with Gasteiger partial charge in [-0.3, -0.25) is 14.5 Å². The van der Waals surface area contributed by atoms with Crippen LogP contribution in [-0.4, -0.2) is 66.3 Å². The molecular weight excluding hydrogens is 376 g/mol. The van der Waals surface area contributed by atoms with Crippen molar-refractivity contribution in [2.45, 2.75) is 6.54 Å². The van der Waals surface area contributed by atoms with Gasteiger partial charge in [0.2, 0.25) is 0 Å². The fourth-order valence-corrected chi connectivity index (χ4v) is 3.31. The van der Waals surface area contributed by atoms with Gasteiger partial charge in [0.1, 0.15) is 6.61 Å². The van der Waals surface area contributed by atoms with Gasteiger partial charge in [0.25, 0.3) is 0 Å². The number of hydrogen-bond acceptors (Lipinski definition) is 5. The van der Waals surface area contributed by atoms with E-state index in [1.807, 2.05) is 48.5 Å². The molecule has 2 aromatic rings. The van der Waals surface area contributed by atoms with Crippen LogP contribution < -0.4 is 0 Å². The molecule has 1 N–H and O–H groups in total. The van der Waals surface area contributed by atoms with E-state index in [9.17, 15) is 9.59 Å². The standard InChI is InChI=1S/C25H28N2O3/c1-26-13-15-27(16-14-26)18-22-5-9-23(10-6-22)25(30)12-8-21-4-2-3-20(17-21)7-11-24(29)19-28/h2-12,17,28H,13-16,18-19H2,1H3/b11-7+,12-8+. The maximum Gasteiger partial charge on any atom is 0.185 e. The molecule has 0 saturated carbocycles. The van der Waals surface area contributed by atoms with Crippen molar-refractivity contribution in [1.29, 1.82) is 0 Å². The van der Waals surface area contributed by atoms with Gasteiger partial charge < -0.3 is 10.0 Å². The summed E-state index contributed by atoms with van der Waals surface area (Å²) in [5, 5.41) is 8.78. The van der Waals surface area contributed by atoms with E-state index < -0.39 is 6.61 Å². The lowest BCUT2D eigenvalue weighted by Gasteiger charge is -2.32. The topological polar surface area (TPSA) is 60.9 Å². The Labute approximate surface area is 177 Å². The van der Waals surface area contributed by atoms with Gasteiger partial charge in [-0.1, -0.05) is 54.6 Å². The molecule has 156 valence electrons. The number of hydrogen-bond donors (Lipinski definition) is 1. The van der Waals surface area contributed by atoms with Crippen LogP contribution in [0, 0.1) is 0 Å². The molecular formula is C25H28N2O3. The Morgan fingerprint density at radius 2 is 1.57 bits per heavy atom. The first-order valence-corrected chi connectivity index (χ1v) is 10.2. The van der Waals surface area contributed by atoms with Crippen molar-refractivity contribution in [3.8, 4) is 0 Å². The van der Waals surface area contributed by atoms with Crippen LogP contribution in [0.1, 0.15) is 27.0 Å². The molecule has 5 nitrogen and oxygen atoms in total. The van der Waals surface area contributed by atoms with E-state index in [4.69, 9.17) is 5.11 Å². The summed E-state index contributed by atoms with van der Waals surface area (Å²) in [6, 6.07) is 15.3. The van der Waals surface area contributed by atoms with Crippen molar-refractivity contribution in [3.05, 3.63) is 82.9 Å². The molecule has 0 atom stereocenters. The number of rotatable bonds is 8. The predicted molar refractivity (Wildman–Crippen MR) is 120 cm³/mol. The Bertz CT molecular complexity index is 924. The molecule has 0 aromatic heterocycles. The number of nitrogens with zero attached hydrogens (tertiary/aromatic N) is 2. The smallest absolute Gasteiger partial charge is 0.185 e. The number of ketones is 2. The van der Waals surface area contributed by atoms with Gasteiger partial charge in [-0.15, -0.1) is 0 Å². The second-order valence-corrected chi connectivity index (χ2v) is 7.60. The molecule has 1 heterocycles. The van der Waals surface area contributed by atoms with Crippen LogP contribution in [0.15, 0.2) is 60.7 Å². The lowest BCUT2D eigenvalue weighted by atomic mass is 10.1. The summed E-state index contributed by atoms with van der Waals surface area (Å²) in [6.07, 6.45) is 6.33. The minimum atomic E-state index is -0.501. The van der Waals surface area contributed by atoms with Crippen LogP contribution in [0.4, 0.5) is 0 Å². The van der Waals surface area contributed by atoms with E-state index >= 15 is 0 Å². The summed E-state index contributed by atoms with van der Waals surface area (Å²) in [5.74, 6) is -0.389. The van der Waals surface area contributed by atoms with Gasteiger partial charge in [0.15, 0.2) is 11.6 Å². The predicted octanol–water partition coefficient (Wildman–Crippen LogP) is 2.90. The first-order chi connectivity index (χ1) is 14.5. The van der Waals surface area contributed by atoms with Crippen molar-refractivity contribution in [2.24, 2.45) is 0 Å². The van der Waals surface area contributed by atoms with Crippen molar-refractivity contribution >= 4 is 23.7 Å². The van der Waals surface area contributed by atoms with Crippen LogP contribution in [0.25, 0.3) is 12.2 Å². The van der Waals surface area contributed by atoms with E-state index in [1.165, 1.54) is 11.6 Å². The lowest BCUT2D eigenvalue weighted by Crippen LogP contribution is -2.43. The van der Waals surface area contributed by atoms with Crippen molar-refractivity contribution in [2.75, 3.05) is 39.8 Å². The summed E-state index contributed by atoms with van der Waals surface area (Å²) in [4.78, 5) is 28.5. The molecule has 0 bridgehead atoms. The van der Waals surface area contributed by atoms with Gasteiger partial charge in [-0.2, -0.15) is 0 Å². The lowest BCUT2D eigenvalue weighted by molar-refractivity contribution is -0.117. The summed E-state index contributed by atoms with van der Waals surface area (Å²) >= 11 is 0. The molecule has 1 aliphatic heterocycles. The molecule has 0 unspecified atom stereocenters. The SMILES string of the molecule is CN1CCN(Cc2ccc(C(=O)/C=C/c3cccc(/C=C/C(=O)CO)c3)cc2)CC1. The molecule has 0 amide bonds. The third kappa shape index (κ3) is 6.59. The number of carbonyl (C=O) groups excluding carboxylic acids is 2. The number of likely N-dealkylation sites (N-methyl/N-ethyl adjacent to an activating group) is 1. The highest BCUT2D eigenvalue weighted by atomic mass is 16.3. The minimum absolute atomic E-state index is 0.0439. The molecule has 5 heteroatoms. The zero-order valence-electron chi connectivity index (χ0n) is 17.3. The average Bonchev–Trinajstić information content (AvgIpc) is 2.78. The quantitative estimate of drug-likeness (QED) is 0.542. The molecule has 1 fully saturated rings. The molecule has 0 spiro atoms. The van der Waals surface area contributed by atoms with Crippen molar-refractivity contribution in [1.82, 2.24) is 9.80 Å². The highest BCUT2D eigenvalue weighted by molar-refractivity contribution is 6.06. The monoisotopic (exact) mass is 404 g/mol. The van der Waals surface area contributed by atoms with Crippen LogP contribution >= 0.6 is 0 Å². The van der Waals surface area contributed by atoms with Crippen LogP contribution in [-0.2, 0) is 11.3 Å². The second-order valence-electron chi connectivity index (χ2n) is 7.60. The van der Waals surface area contributed by atoms with Crippen LogP contribution in [0.5, 0.6) is 0 Å². The summed E-state index contributed by atoms with van der Waals surface area (Å²) in [6.45, 7) is 4.74. The minimum Gasteiger partial charge on any atom is -0.388 e. The highest BCUT2D eigenvalue weighted by Crippen LogP contribution is 2.13. The summed E-state index contributed by atoms with van der Waals surface area (Å²) < 4.78 is 0. The number of benzene rings is 2. The molecule has 1 aliphatic rings. The fourth-order valence-electron chi connectivity index (χ4n) is 3.31. The molecule has 0 aliphatic carbocycles. The number of carbonyl (C=O) groups is 2. The van der Waals surface area contributed by atoms with Crippen LogP contribution in [0.2, 0.25) is 0 Å². The van der Waals surface area contributed by atoms with E-state index in [1.54, 1.807) is 18.2 Å². The van der Waals surface area contributed by atoms with Gasteiger partial charge in [-0.25, -0.2) is 0 Å². The highest BCUT2D eigenvalue weighted by Gasteiger charge is 2.13. The Kier molecular flexibility index (Phi) is 7.85. The first-order valence-electron chi connectivity index (χ1n) is 10.2. The molecule has 30 heavy (non-hydrogen) atoms. The molecule has 0 radical (unpaired) electrons. The summed E-state index contributed by atoms with van der Waals surface area (Å²) in [7, 11) is 2.15. The number of aliphatic hydroxyl groups is 1. The average molecular weight is 405 g/mol. The fraction of sp³-hybridized carbons (Fsp3) is 0.280. The summed E-state index contributed by atoms with van der Waals surface area (Å²) in [5.41, 5.74) is 3.59. The van der Waals surface area contributed by atoms with Gasteiger partial charge in [0.05, 0.1) is 0 Å². The van der Waals surface area contributed by atoms with Crippen molar-refractivity contribution in [3.63, 3.8) is 0 Å². The zero-order valence-corrected chi connectivity index (χ0v) is 17.3. The molecule has 1 saturated heterocycles. The van der Waals surface area contributed by atoms with Crippen LogP contribution in [0.3, 0.4) is 0 Å². The second kappa shape index (κ2) is 10.8. The Morgan fingerprint density at radius 1 is 0.933 bits per heavy atom. The van der Waals surface area contributed by atoms with E-state index in [0.29, 0.717) is 5.56 Å². The Hall–Kier alpha value is -2.86. The molecule has 2 aromatic carbocycles.